The maximum atomic E-state index is 4.06. The quantitative estimate of drug-likeness (QED) is 0.732. The molecule has 1 fully saturated rings. The van der Waals surface area contributed by atoms with Crippen LogP contribution in [0.5, 0.6) is 0 Å². The van der Waals surface area contributed by atoms with Gasteiger partial charge in [-0.15, -0.1) is 6.58 Å². The van der Waals surface area contributed by atoms with E-state index in [0.29, 0.717) is 12.0 Å². The van der Waals surface area contributed by atoms with E-state index in [-0.39, 0.29) is 5.41 Å². The molecule has 18 heavy (non-hydrogen) atoms. The summed E-state index contributed by atoms with van der Waals surface area (Å²) in [4.78, 5) is 0. The van der Waals surface area contributed by atoms with Crippen LogP contribution in [0.1, 0.15) is 48.0 Å². The molecule has 0 aliphatic heterocycles. The summed E-state index contributed by atoms with van der Waals surface area (Å²) < 4.78 is 0. The molecule has 0 aromatic carbocycles. The van der Waals surface area contributed by atoms with Crippen LogP contribution >= 0.6 is 0 Å². The summed E-state index contributed by atoms with van der Waals surface area (Å²) in [7, 11) is 2.12. The summed E-state index contributed by atoms with van der Waals surface area (Å²) in [5, 5.41) is 3.59. The molecule has 1 N–H and O–H groups in total. The molecule has 5 unspecified atom stereocenters. The van der Waals surface area contributed by atoms with Gasteiger partial charge in [-0.3, -0.25) is 0 Å². The third-order valence-corrected chi connectivity index (χ3v) is 5.70. The topological polar surface area (TPSA) is 12.0 Å². The predicted octanol–water partition coefficient (Wildman–Crippen LogP) is 4.35. The summed E-state index contributed by atoms with van der Waals surface area (Å²) in [6.45, 7) is 18.4. The Kier molecular flexibility index (Phi) is 5.05. The Morgan fingerprint density at radius 2 is 1.78 bits per heavy atom. The minimum absolute atomic E-state index is 0.217. The molecule has 0 heterocycles. The van der Waals surface area contributed by atoms with Crippen molar-refractivity contribution in [1.29, 1.82) is 0 Å². The summed E-state index contributed by atoms with van der Waals surface area (Å²) in [6, 6.07) is 0.614. The second-order valence-electron chi connectivity index (χ2n) is 7.31. The molecule has 0 spiro atoms. The SMILES string of the molecule is C=CC(C)(C)C1CC(C(C)C)C(C)C(C)C1NC. The first kappa shape index (κ1) is 15.8. The maximum Gasteiger partial charge on any atom is 0.0129 e. The van der Waals surface area contributed by atoms with Gasteiger partial charge in [-0.05, 0) is 48.5 Å². The highest BCUT2D eigenvalue weighted by Gasteiger charge is 2.45. The molecule has 1 aliphatic rings. The maximum absolute atomic E-state index is 4.06. The van der Waals surface area contributed by atoms with Gasteiger partial charge in [-0.2, -0.15) is 0 Å². The van der Waals surface area contributed by atoms with Crippen LogP contribution in [0.25, 0.3) is 0 Å². The van der Waals surface area contributed by atoms with Crippen LogP contribution in [0, 0.1) is 35.0 Å². The van der Waals surface area contributed by atoms with Crippen molar-refractivity contribution >= 4 is 0 Å². The molecule has 1 saturated carbocycles. The van der Waals surface area contributed by atoms with Gasteiger partial charge < -0.3 is 5.32 Å². The van der Waals surface area contributed by atoms with E-state index in [9.17, 15) is 0 Å². The number of nitrogens with one attached hydrogen (secondary N) is 1. The van der Waals surface area contributed by atoms with Gasteiger partial charge in [0.1, 0.15) is 0 Å². The van der Waals surface area contributed by atoms with Crippen molar-refractivity contribution < 1.29 is 0 Å². The van der Waals surface area contributed by atoms with Crippen molar-refractivity contribution in [1.82, 2.24) is 5.32 Å². The van der Waals surface area contributed by atoms with Crippen LogP contribution in [-0.2, 0) is 0 Å². The summed E-state index contributed by atoms with van der Waals surface area (Å²) >= 11 is 0. The average molecular weight is 251 g/mol. The zero-order chi connectivity index (χ0) is 14.1. The molecule has 0 amide bonds. The van der Waals surface area contributed by atoms with Gasteiger partial charge in [0, 0.05) is 6.04 Å². The first-order chi connectivity index (χ1) is 8.26. The molecule has 106 valence electrons. The fourth-order valence-electron chi connectivity index (χ4n) is 4.00. The zero-order valence-electron chi connectivity index (χ0n) is 13.5. The van der Waals surface area contributed by atoms with Crippen LogP contribution in [-0.4, -0.2) is 13.1 Å². The van der Waals surface area contributed by atoms with E-state index in [1.807, 2.05) is 0 Å². The number of hydrogen-bond acceptors (Lipinski definition) is 1. The highest BCUT2D eigenvalue weighted by molar-refractivity contribution is 5.03. The van der Waals surface area contributed by atoms with Gasteiger partial charge in [0.2, 0.25) is 0 Å². The number of rotatable bonds is 4. The molecular weight excluding hydrogens is 218 g/mol. The summed E-state index contributed by atoms with van der Waals surface area (Å²) in [6.07, 6.45) is 3.48. The van der Waals surface area contributed by atoms with Crippen molar-refractivity contribution in [2.24, 2.45) is 35.0 Å². The van der Waals surface area contributed by atoms with Gasteiger partial charge in [0.15, 0.2) is 0 Å². The smallest absolute Gasteiger partial charge is 0.0129 e. The predicted molar refractivity (Wildman–Crippen MR) is 81.6 cm³/mol. The Bertz CT molecular complexity index is 279. The molecular formula is C17H33N. The molecule has 0 aromatic rings. The third kappa shape index (κ3) is 2.82. The van der Waals surface area contributed by atoms with Gasteiger partial charge >= 0.3 is 0 Å². The fraction of sp³-hybridized carbons (Fsp3) is 0.882. The summed E-state index contributed by atoms with van der Waals surface area (Å²) in [5.41, 5.74) is 0.217. The minimum Gasteiger partial charge on any atom is -0.316 e. The van der Waals surface area contributed by atoms with E-state index in [2.05, 4.69) is 66.6 Å². The second-order valence-corrected chi connectivity index (χ2v) is 7.31. The Balaban J connectivity index is 3.04. The Labute approximate surface area is 114 Å². The van der Waals surface area contributed by atoms with Crippen molar-refractivity contribution in [3.63, 3.8) is 0 Å². The van der Waals surface area contributed by atoms with Gasteiger partial charge in [-0.1, -0.05) is 47.6 Å². The van der Waals surface area contributed by atoms with E-state index in [0.717, 1.165) is 23.7 Å². The van der Waals surface area contributed by atoms with Crippen LogP contribution < -0.4 is 5.32 Å². The molecule has 5 atom stereocenters. The molecule has 1 heteroatoms. The van der Waals surface area contributed by atoms with Gasteiger partial charge in [-0.25, -0.2) is 0 Å². The van der Waals surface area contributed by atoms with Crippen molar-refractivity contribution in [2.45, 2.75) is 54.0 Å². The van der Waals surface area contributed by atoms with E-state index in [4.69, 9.17) is 0 Å². The number of hydrogen-bond donors (Lipinski definition) is 1. The molecule has 1 nitrogen and oxygen atoms in total. The highest BCUT2D eigenvalue weighted by atomic mass is 14.9. The molecule has 1 rings (SSSR count). The standard InChI is InChI=1S/C17H33N/c1-9-17(6,7)15-10-14(11(2)3)12(4)13(5)16(15)18-8/h9,11-16,18H,1,10H2,2-8H3. The van der Waals surface area contributed by atoms with E-state index >= 15 is 0 Å². The largest absolute Gasteiger partial charge is 0.316 e. The lowest BCUT2D eigenvalue weighted by Gasteiger charge is -2.51. The van der Waals surface area contributed by atoms with Gasteiger partial charge in [0.25, 0.3) is 0 Å². The molecule has 0 radical (unpaired) electrons. The Morgan fingerprint density at radius 1 is 1.22 bits per heavy atom. The second kappa shape index (κ2) is 5.77. The lowest BCUT2D eigenvalue weighted by Crippen LogP contribution is -2.53. The summed E-state index contributed by atoms with van der Waals surface area (Å²) in [5.74, 6) is 3.86. The monoisotopic (exact) mass is 251 g/mol. The third-order valence-electron chi connectivity index (χ3n) is 5.70. The average Bonchev–Trinajstić information content (AvgIpc) is 2.31. The lowest BCUT2D eigenvalue weighted by molar-refractivity contribution is 0.0188. The normalized spacial score (nSPS) is 37.9. The van der Waals surface area contributed by atoms with Gasteiger partial charge in [0.05, 0.1) is 0 Å². The Morgan fingerprint density at radius 3 is 2.17 bits per heavy atom. The van der Waals surface area contributed by atoms with Crippen LogP contribution in [0.4, 0.5) is 0 Å². The first-order valence-corrected chi connectivity index (χ1v) is 7.57. The zero-order valence-corrected chi connectivity index (χ0v) is 13.5. The highest BCUT2D eigenvalue weighted by Crippen LogP contribution is 2.48. The van der Waals surface area contributed by atoms with Crippen LogP contribution in [0.15, 0.2) is 12.7 Å². The molecule has 0 aromatic heterocycles. The van der Waals surface area contributed by atoms with E-state index in [1.54, 1.807) is 0 Å². The fourth-order valence-corrected chi connectivity index (χ4v) is 4.00. The molecule has 0 saturated heterocycles. The minimum atomic E-state index is 0.217. The first-order valence-electron chi connectivity index (χ1n) is 7.57. The van der Waals surface area contributed by atoms with Crippen LogP contribution in [0.2, 0.25) is 0 Å². The van der Waals surface area contributed by atoms with Crippen molar-refractivity contribution in [2.75, 3.05) is 7.05 Å². The molecule has 1 aliphatic carbocycles. The Hall–Kier alpha value is -0.300. The molecule has 0 bridgehead atoms. The van der Waals surface area contributed by atoms with Crippen molar-refractivity contribution in [3.8, 4) is 0 Å². The number of allylic oxidation sites excluding steroid dienone is 1. The van der Waals surface area contributed by atoms with E-state index in [1.165, 1.54) is 6.42 Å². The van der Waals surface area contributed by atoms with E-state index < -0.39 is 0 Å². The van der Waals surface area contributed by atoms with Crippen LogP contribution in [0.3, 0.4) is 0 Å². The van der Waals surface area contributed by atoms with Crippen molar-refractivity contribution in [3.05, 3.63) is 12.7 Å². The lowest BCUT2D eigenvalue weighted by atomic mass is 9.57.